The molecule has 0 aromatic heterocycles. The van der Waals surface area contributed by atoms with Crippen LogP contribution in [0.15, 0.2) is 59.1 Å². The summed E-state index contributed by atoms with van der Waals surface area (Å²) in [6.07, 6.45) is 0. The van der Waals surface area contributed by atoms with Gasteiger partial charge in [0.25, 0.3) is 0 Å². The first-order chi connectivity index (χ1) is 10.1. The van der Waals surface area contributed by atoms with Crippen molar-refractivity contribution in [2.24, 2.45) is 0 Å². The van der Waals surface area contributed by atoms with Gasteiger partial charge in [-0.3, -0.25) is 0 Å². The molecule has 0 nitrogen and oxygen atoms in total. The zero-order chi connectivity index (χ0) is 15.0. The van der Waals surface area contributed by atoms with Gasteiger partial charge in [0.05, 0.1) is 5.38 Å². The minimum absolute atomic E-state index is 0.247. The van der Waals surface area contributed by atoms with Crippen LogP contribution in [-0.2, 0) is 0 Å². The van der Waals surface area contributed by atoms with Crippen LogP contribution in [0.5, 0.6) is 0 Å². The lowest BCUT2D eigenvalue weighted by Crippen LogP contribution is -1.97. The predicted molar refractivity (Wildman–Crippen MR) is 95.5 cm³/mol. The molecule has 0 radical (unpaired) electrons. The van der Waals surface area contributed by atoms with Crippen LogP contribution in [0.1, 0.15) is 22.1 Å². The molecule has 3 aromatic rings. The van der Waals surface area contributed by atoms with E-state index in [0.29, 0.717) is 5.02 Å². The lowest BCUT2D eigenvalue weighted by molar-refractivity contribution is 1.14. The van der Waals surface area contributed by atoms with Crippen LogP contribution in [0.3, 0.4) is 0 Å². The van der Waals surface area contributed by atoms with E-state index < -0.39 is 0 Å². The maximum Gasteiger partial charge on any atom is 0.0852 e. The fourth-order valence-corrected chi connectivity index (χ4v) is 3.73. The van der Waals surface area contributed by atoms with Gasteiger partial charge < -0.3 is 0 Å². The van der Waals surface area contributed by atoms with E-state index in [-0.39, 0.29) is 5.38 Å². The first kappa shape index (κ1) is 14.9. The lowest BCUT2D eigenvalue weighted by atomic mass is 9.95. The summed E-state index contributed by atoms with van der Waals surface area (Å²) >= 11 is 16.4. The van der Waals surface area contributed by atoms with Crippen molar-refractivity contribution in [3.05, 3.63) is 80.8 Å². The molecule has 3 aromatic carbocycles. The maximum absolute atomic E-state index is 6.75. The molecule has 0 bridgehead atoms. The van der Waals surface area contributed by atoms with Crippen LogP contribution in [0, 0.1) is 6.92 Å². The van der Waals surface area contributed by atoms with Crippen LogP contribution in [0.25, 0.3) is 10.8 Å². The number of hydrogen-bond acceptors (Lipinski definition) is 0. The van der Waals surface area contributed by atoms with Crippen molar-refractivity contribution in [2.75, 3.05) is 0 Å². The smallest absolute Gasteiger partial charge is 0.0852 e. The molecule has 0 aliphatic rings. The summed E-state index contributed by atoms with van der Waals surface area (Å²) in [6.45, 7) is 2.12. The first-order valence-corrected chi connectivity index (χ1v) is 8.26. The minimum Gasteiger partial charge on any atom is -0.113 e. The Morgan fingerprint density at radius 3 is 2.38 bits per heavy atom. The van der Waals surface area contributed by atoms with Crippen LogP contribution >= 0.6 is 39.1 Å². The van der Waals surface area contributed by atoms with E-state index in [9.17, 15) is 0 Å². The second-order valence-corrected chi connectivity index (χ2v) is 6.77. The monoisotopic (exact) mass is 378 g/mol. The van der Waals surface area contributed by atoms with E-state index >= 15 is 0 Å². The average Bonchev–Trinajstić information content (AvgIpc) is 2.50. The molecule has 0 amide bonds. The van der Waals surface area contributed by atoms with Gasteiger partial charge >= 0.3 is 0 Å². The lowest BCUT2D eigenvalue weighted by Gasteiger charge is -2.16. The molecule has 0 saturated carbocycles. The van der Waals surface area contributed by atoms with E-state index in [4.69, 9.17) is 23.2 Å². The fraction of sp³-hybridized carbons (Fsp3) is 0.111. The van der Waals surface area contributed by atoms with Gasteiger partial charge in [-0.15, -0.1) is 11.6 Å². The van der Waals surface area contributed by atoms with Gasteiger partial charge in [-0.1, -0.05) is 63.9 Å². The van der Waals surface area contributed by atoms with Gasteiger partial charge in [-0.25, -0.2) is 0 Å². The van der Waals surface area contributed by atoms with Crippen molar-refractivity contribution in [1.82, 2.24) is 0 Å². The molecule has 0 spiro atoms. The SMILES string of the molecule is Cc1ccc(C(Cl)c2cc(Cl)ccc2Br)c2ccccc12. The minimum atomic E-state index is -0.247. The standard InChI is InChI=1S/C18H13BrCl2/c1-11-6-8-15(14-5-3-2-4-13(11)14)18(21)16-10-12(20)7-9-17(16)19/h2-10,18H,1H3. The molecular weight excluding hydrogens is 367 g/mol. The Morgan fingerprint density at radius 1 is 0.905 bits per heavy atom. The topological polar surface area (TPSA) is 0 Å². The summed E-state index contributed by atoms with van der Waals surface area (Å²) < 4.78 is 0.969. The quantitative estimate of drug-likeness (QED) is 0.425. The Hall–Kier alpha value is -1.02. The number of rotatable bonds is 2. The molecular formula is C18H13BrCl2. The average molecular weight is 380 g/mol. The number of hydrogen-bond donors (Lipinski definition) is 0. The summed E-state index contributed by atoms with van der Waals surface area (Å²) in [4.78, 5) is 0. The third-order valence-electron chi connectivity index (χ3n) is 3.68. The summed E-state index contributed by atoms with van der Waals surface area (Å²) in [5.74, 6) is 0. The van der Waals surface area contributed by atoms with Crippen molar-refractivity contribution in [2.45, 2.75) is 12.3 Å². The molecule has 0 heterocycles. The van der Waals surface area contributed by atoms with E-state index in [1.165, 1.54) is 16.3 Å². The Bertz CT molecular complexity index is 811. The van der Waals surface area contributed by atoms with Crippen molar-refractivity contribution >= 4 is 49.9 Å². The third kappa shape index (κ3) is 2.83. The van der Waals surface area contributed by atoms with E-state index in [2.05, 4.69) is 53.2 Å². The Morgan fingerprint density at radius 2 is 1.62 bits per heavy atom. The van der Waals surface area contributed by atoms with E-state index in [1.807, 2.05) is 24.3 Å². The zero-order valence-electron chi connectivity index (χ0n) is 11.4. The molecule has 1 atom stereocenters. The molecule has 21 heavy (non-hydrogen) atoms. The normalized spacial score (nSPS) is 12.6. The maximum atomic E-state index is 6.75. The van der Waals surface area contributed by atoms with Gasteiger partial charge in [0.15, 0.2) is 0 Å². The third-order valence-corrected chi connectivity index (χ3v) is 5.11. The number of benzene rings is 3. The van der Waals surface area contributed by atoms with E-state index in [1.54, 1.807) is 0 Å². The number of alkyl halides is 1. The van der Waals surface area contributed by atoms with Gasteiger partial charge in [0.2, 0.25) is 0 Å². The van der Waals surface area contributed by atoms with Gasteiger partial charge in [-0.05, 0) is 52.6 Å². The van der Waals surface area contributed by atoms with Gasteiger partial charge in [0.1, 0.15) is 0 Å². The zero-order valence-corrected chi connectivity index (χ0v) is 14.5. The summed E-state index contributed by atoms with van der Waals surface area (Å²) in [5.41, 5.74) is 3.34. The van der Waals surface area contributed by atoms with Crippen LogP contribution in [0.4, 0.5) is 0 Å². The largest absolute Gasteiger partial charge is 0.113 e. The molecule has 0 N–H and O–H groups in total. The van der Waals surface area contributed by atoms with Crippen molar-refractivity contribution in [3.8, 4) is 0 Å². The Labute approximate surface area is 142 Å². The van der Waals surface area contributed by atoms with Gasteiger partial charge in [0, 0.05) is 9.50 Å². The number of aryl methyl sites for hydroxylation is 1. The molecule has 0 saturated heterocycles. The Kier molecular flexibility index (Phi) is 4.26. The van der Waals surface area contributed by atoms with Gasteiger partial charge in [-0.2, -0.15) is 0 Å². The molecule has 3 rings (SSSR count). The van der Waals surface area contributed by atoms with Crippen LogP contribution in [0.2, 0.25) is 5.02 Å². The second kappa shape index (κ2) is 6.00. The van der Waals surface area contributed by atoms with Crippen LogP contribution in [-0.4, -0.2) is 0 Å². The second-order valence-electron chi connectivity index (χ2n) is 5.05. The number of fused-ring (bicyclic) bond motifs is 1. The van der Waals surface area contributed by atoms with Crippen molar-refractivity contribution < 1.29 is 0 Å². The highest BCUT2D eigenvalue weighted by Gasteiger charge is 2.17. The summed E-state index contributed by atoms with van der Waals surface area (Å²) in [6, 6.07) is 18.3. The van der Waals surface area contributed by atoms with Crippen LogP contribution < -0.4 is 0 Å². The first-order valence-electron chi connectivity index (χ1n) is 6.65. The number of halogens is 3. The molecule has 0 aliphatic carbocycles. The Balaban J connectivity index is 2.20. The molecule has 3 heteroatoms. The highest BCUT2D eigenvalue weighted by atomic mass is 79.9. The highest BCUT2D eigenvalue weighted by Crippen LogP contribution is 2.38. The van der Waals surface area contributed by atoms with Crippen molar-refractivity contribution in [1.29, 1.82) is 0 Å². The molecule has 106 valence electrons. The van der Waals surface area contributed by atoms with Crippen molar-refractivity contribution in [3.63, 3.8) is 0 Å². The summed E-state index contributed by atoms with van der Waals surface area (Å²) in [7, 11) is 0. The fourth-order valence-electron chi connectivity index (χ4n) is 2.57. The highest BCUT2D eigenvalue weighted by molar-refractivity contribution is 9.10. The molecule has 0 aliphatic heterocycles. The molecule has 1 unspecified atom stereocenters. The molecule has 0 fully saturated rings. The van der Waals surface area contributed by atoms with E-state index in [0.717, 1.165) is 15.6 Å². The predicted octanol–water partition coefficient (Wildman–Crippen LogP) is 6.89. The summed E-state index contributed by atoms with van der Waals surface area (Å²) in [5, 5.41) is 2.86.